The average molecular weight is 292 g/mol. The first-order valence-corrected chi connectivity index (χ1v) is 7.16. The Hall–Kier alpha value is 0.730. The third-order valence-electron chi connectivity index (χ3n) is 3.95. The number of rotatable bonds is 2. The molecule has 2 aliphatic rings. The highest BCUT2D eigenvalue weighted by atomic mass is 127. The maximum Gasteiger partial charge on any atom is 0.0138 e. The van der Waals surface area contributed by atoms with E-state index in [4.69, 9.17) is 0 Å². The third-order valence-corrected chi connectivity index (χ3v) is 5.59. The van der Waals surface area contributed by atoms with Crippen molar-refractivity contribution >= 4 is 22.6 Å². The van der Waals surface area contributed by atoms with Crippen molar-refractivity contribution in [2.45, 2.75) is 55.8 Å². The lowest BCUT2D eigenvalue weighted by Gasteiger charge is -2.19. The molecule has 0 amide bonds. The van der Waals surface area contributed by atoms with Gasteiger partial charge in [-0.3, -0.25) is 0 Å². The predicted molar refractivity (Wildman–Crippen MR) is 66.3 cm³/mol. The molecule has 0 aliphatic heterocycles. The summed E-state index contributed by atoms with van der Waals surface area (Å²) < 4.78 is 0.993. The molecule has 4 atom stereocenters. The maximum atomic E-state index is 2.71. The molecule has 0 bridgehead atoms. The van der Waals surface area contributed by atoms with Gasteiger partial charge in [0.05, 0.1) is 0 Å². The van der Waals surface area contributed by atoms with Crippen molar-refractivity contribution in [1.82, 2.24) is 0 Å². The Morgan fingerprint density at radius 1 is 1.08 bits per heavy atom. The molecular weight excluding hydrogens is 271 g/mol. The molecule has 0 saturated heterocycles. The summed E-state index contributed by atoms with van der Waals surface area (Å²) in [6, 6.07) is 0. The highest BCUT2D eigenvalue weighted by molar-refractivity contribution is 14.1. The smallest absolute Gasteiger partial charge is 0.0138 e. The predicted octanol–water partition coefficient (Wildman–Crippen LogP) is 4.42. The van der Waals surface area contributed by atoms with Crippen LogP contribution in [0.1, 0.15) is 51.9 Å². The normalized spacial score (nSPS) is 45.7. The largest absolute Gasteiger partial charge is 0.0823 e. The summed E-state index contributed by atoms with van der Waals surface area (Å²) in [4.78, 5) is 0. The zero-order valence-corrected chi connectivity index (χ0v) is 10.8. The van der Waals surface area contributed by atoms with Gasteiger partial charge in [0.25, 0.3) is 0 Å². The fraction of sp³-hybridized carbons (Fsp3) is 1.00. The summed E-state index contributed by atoms with van der Waals surface area (Å²) in [5.41, 5.74) is 0. The minimum absolute atomic E-state index is 0.993. The number of hydrogen-bond acceptors (Lipinski definition) is 0. The van der Waals surface area contributed by atoms with Gasteiger partial charge in [-0.25, -0.2) is 0 Å². The molecule has 3 unspecified atom stereocenters. The van der Waals surface area contributed by atoms with Crippen LogP contribution in [0.25, 0.3) is 0 Å². The molecule has 1 heteroatoms. The topological polar surface area (TPSA) is 0 Å². The van der Waals surface area contributed by atoms with Crippen molar-refractivity contribution in [3.05, 3.63) is 0 Å². The maximum absolute atomic E-state index is 2.71. The van der Waals surface area contributed by atoms with Crippen molar-refractivity contribution in [3.63, 3.8) is 0 Å². The minimum Gasteiger partial charge on any atom is -0.0823 e. The van der Waals surface area contributed by atoms with Crippen LogP contribution in [-0.4, -0.2) is 3.92 Å². The Labute approximate surface area is 96.0 Å². The van der Waals surface area contributed by atoms with E-state index in [2.05, 4.69) is 29.5 Å². The van der Waals surface area contributed by atoms with Crippen LogP contribution >= 0.6 is 22.6 Å². The molecule has 0 aromatic rings. The van der Waals surface area contributed by atoms with Gasteiger partial charge in [-0.2, -0.15) is 0 Å². The molecule has 0 N–H and O–H groups in total. The van der Waals surface area contributed by atoms with Crippen LogP contribution in [0.4, 0.5) is 0 Å². The number of hydrogen-bond donors (Lipinski definition) is 0. The molecule has 0 radical (unpaired) electrons. The summed E-state index contributed by atoms with van der Waals surface area (Å²) in [6.45, 7) is 2.42. The van der Waals surface area contributed by atoms with E-state index >= 15 is 0 Å². The molecule has 2 aliphatic carbocycles. The van der Waals surface area contributed by atoms with E-state index in [-0.39, 0.29) is 0 Å². The monoisotopic (exact) mass is 292 g/mol. The molecule has 76 valence electrons. The quantitative estimate of drug-likeness (QED) is 0.401. The van der Waals surface area contributed by atoms with Crippen LogP contribution in [0.15, 0.2) is 0 Å². The molecule has 0 nitrogen and oxygen atoms in total. The lowest BCUT2D eigenvalue weighted by Crippen LogP contribution is -2.13. The van der Waals surface area contributed by atoms with Crippen LogP contribution in [0, 0.1) is 17.8 Å². The van der Waals surface area contributed by atoms with Crippen molar-refractivity contribution in [2.24, 2.45) is 17.8 Å². The van der Waals surface area contributed by atoms with E-state index in [1.54, 1.807) is 6.42 Å². The van der Waals surface area contributed by atoms with Crippen LogP contribution in [0.2, 0.25) is 0 Å². The molecule has 2 saturated carbocycles. The zero-order valence-electron chi connectivity index (χ0n) is 8.64. The fourth-order valence-corrected chi connectivity index (χ4v) is 3.81. The molecular formula is C12H21I. The second kappa shape index (κ2) is 4.50. The van der Waals surface area contributed by atoms with Gasteiger partial charge in [0.15, 0.2) is 0 Å². The van der Waals surface area contributed by atoms with Gasteiger partial charge < -0.3 is 0 Å². The highest BCUT2D eigenvalue weighted by Gasteiger charge is 2.36. The van der Waals surface area contributed by atoms with Crippen LogP contribution < -0.4 is 0 Å². The van der Waals surface area contributed by atoms with Gasteiger partial charge >= 0.3 is 0 Å². The summed E-state index contributed by atoms with van der Waals surface area (Å²) >= 11 is 2.71. The van der Waals surface area contributed by atoms with Gasteiger partial charge in [0.1, 0.15) is 0 Å². The van der Waals surface area contributed by atoms with Gasteiger partial charge in [0.2, 0.25) is 0 Å². The van der Waals surface area contributed by atoms with Gasteiger partial charge in [-0.1, -0.05) is 48.8 Å². The summed E-state index contributed by atoms with van der Waals surface area (Å²) in [7, 11) is 0. The van der Waals surface area contributed by atoms with Crippen LogP contribution in [0.3, 0.4) is 0 Å². The lowest BCUT2D eigenvalue weighted by atomic mass is 9.93. The third kappa shape index (κ3) is 2.84. The van der Waals surface area contributed by atoms with Crippen LogP contribution in [0.5, 0.6) is 0 Å². The first-order valence-electron chi connectivity index (χ1n) is 5.91. The Morgan fingerprint density at radius 2 is 1.77 bits per heavy atom. The van der Waals surface area contributed by atoms with E-state index in [0.717, 1.165) is 21.7 Å². The standard InChI is InChI=1S/C12H21I/c1-9-7-11(9)8-10-5-3-2-4-6-12(10)13/h9-12H,2-8H2,1H3/t9?,10-,11?,12?/m0/s1. The second-order valence-corrected chi connectivity index (χ2v) is 6.72. The summed E-state index contributed by atoms with van der Waals surface area (Å²) in [5, 5.41) is 0. The van der Waals surface area contributed by atoms with E-state index in [1.807, 2.05) is 0 Å². The van der Waals surface area contributed by atoms with Crippen molar-refractivity contribution in [1.29, 1.82) is 0 Å². The average Bonchev–Trinajstić information content (AvgIpc) is 2.81. The van der Waals surface area contributed by atoms with E-state index in [9.17, 15) is 0 Å². The first kappa shape index (κ1) is 10.3. The van der Waals surface area contributed by atoms with Crippen molar-refractivity contribution in [3.8, 4) is 0 Å². The molecule has 0 aromatic carbocycles. The zero-order chi connectivity index (χ0) is 9.26. The first-order chi connectivity index (χ1) is 6.27. The Bertz CT molecular complexity index is 167. The molecule has 13 heavy (non-hydrogen) atoms. The van der Waals surface area contributed by atoms with E-state index in [1.165, 1.54) is 38.5 Å². The van der Waals surface area contributed by atoms with Crippen molar-refractivity contribution in [2.75, 3.05) is 0 Å². The van der Waals surface area contributed by atoms with Gasteiger partial charge in [-0.15, -0.1) is 0 Å². The minimum atomic E-state index is 0.993. The fourth-order valence-electron chi connectivity index (χ4n) is 2.72. The Morgan fingerprint density at radius 3 is 2.46 bits per heavy atom. The SMILES string of the molecule is CC1CC1C[C@@H]1CCCCCC1I. The highest BCUT2D eigenvalue weighted by Crippen LogP contribution is 2.46. The van der Waals surface area contributed by atoms with E-state index in [0.29, 0.717) is 0 Å². The Kier molecular flexibility index (Phi) is 3.55. The summed E-state index contributed by atoms with van der Waals surface area (Å²) in [5.74, 6) is 3.24. The lowest BCUT2D eigenvalue weighted by molar-refractivity contribution is 0.416. The van der Waals surface area contributed by atoms with Crippen molar-refractivity contribution < 1.29 is 0 Å². The molecule has 2 fully saturated rings. The molecule has 0 spiro atoms. The number of halogens is 1. The molecule has 2 rings (SSSR count). The molecule has 0 aromatic heterocycles. The Balaban J connectivity index is 1.80. The van der Waals surface area contributed by atoms with Gasteiger partial charge in [0, 0.05) is 3.92 Å². The number of alkyl halides is 1. The molecule has 0 heterocycles. The summed E-state index contributed by atoms with van der Waals surface area (Å²) in [6.07, 6.45) is 10.6. The van der Waals surface area contributed by atoms with Crippen LogP contribution in [-0.2, 0) is 0 Å². The second-order valence-electron chi connectivity index (χ2n) is 5.12. The van der Waals surface area contributed by atoms with E-state index < -0.39 is 0 Å². The van der Waals surface area contributed by atoms with Gasteiger partial charge in [-0.05, 0) is 43.4 Å².